The molecule has 13 heavy (non-hydrogen) atoms. The molecular formula is C9H9ClN2S. The minimum atomic E-state index is 0.619. The number of fused-ring (bicyclic) bond motifs is 1. The first kappa shape index (κ1) is 8.91. The van der Waals surface area contributed by atoms with Gasteiger partial charge >= 0.3 is 0 Å². The fraction of sp³-hybridized carbons (Fsp3) is 0.222. The van der Waals surface area contributed by atoms with Crippen LogP contribution in [0.5, 0.6) is 0 Å². The third kappa shape index (κ3) is 1.81. The van der Waals surface area contributed by atoms with Gasteiger partial charge in [0.25, 0.3) is 0 Å². The SMILES string of the molecule is ClCCC1=NSNc2ccccc21. The van der Waals surface area contributed by atoms with Gasteiger partial charge < -0.3 is 4.72 Å². The Balaban J connectivity index is 2.36. The molecule has 1 heterocycles. The Morgan fingerprint density at radius 1 is 1.38 bits per heavy atom. The average Bonchev–Trinajstić information content (AvgIpc) is 2.19. The van der Waals surface area contributed by atoms with Crippen LogP contribution >= 0.6 is 23.7 Å². The lowest BCUT2D eigenvalue weighted by molar-refractivity contribution is 1.29. The summed E-state index contributed by atoms with van der Waals surface area (Å²) in [6, 6.07) is 8.13. The molecule has 2 nitrogen and oxygen atoms in total. The highest BCUT2D eigenvalue weighted by atomic mass is 35.5. The van der Waals surface area contributed by atoms with Crippen molar-refractivity contribution in [3.05, 3.63) is 29.8 Å². The summed E-state index contributed by atoms with van der Waals surface area (Å²) >= 11 is 7.06. The first-order chi connectivity index (χ1) is 6.42. The molecule has 0 saturated carbocycles. The fourth-order valence-electron chi connectivity index (χ4n) is 1.27. The molecular weight excluding hydrogens is 204 g/mol. The van der Waals surface area contributed by atoms with Crippen LogP contribution in [0.1, 0.15) is 12.0 Å². The molecule has 1 aliphatic heterocycles. The maximum Gasteiger partial charge on any atom is 0.0904 e. The van der Waals surface area contributed by atoms with Crippen molar-refractivity contribution < 1.29 is 0 Å². The second-order valence-electron chi connectivity index (χ2n) is 2.72. The van der Waals surface area contributed by atoms with Crippen LogP contribution in [-0.4, -0.2) is 11.6 Å². The number of hydrogen-bond acceptors (Lipinski definition) is 3. The highest BCUT2D eigenvalue weighted by Gasteiger charge is 2.12. The zero-order chi connectivity index (χ0) is 9.10. The van der Waals surface area contributed by atoms with Crippen LogP contribution in [-0.2, 0) is 0 Å². The fourth-order valence-corrected chi connectivity index (χ4v) is 2.07. The van der Waals surface area contributed by atoms with Crippen molar-refractivity contribution in [1.29, 1.82) is 0 Å². The Morgan fingerprint density at radius 3 is 3.08 bits per heavy atom. The number of para-hydroxylation sites is 1. The minimum Gasteiger partial charge on any atom is -0.310 e. The molecule has 0 aromatic heterocycles. The summed E-state index contributed by atoms with van der Waals surface area (Å²) in [5.41, 5.74) is 3.37. The van der Waals surface area contributed by atoms with Gasteiger partial charge in [0.1, 0.15) is 0 Å². The van der Waals surface area contributed by atoms with Crippen LogP contribution in [0.25, 0.3) is 0 Å². The molecule has 1 aromatic rings. The van der Waals surface area contributed by atoms with Gasteiger partial charge in [-0.25, -0.2) is 0 Å². The lowest BCUT2D eigenvalue weighted by atomic mass is 10.1. The van der Waals surface area contributed by atoms with Gasteiger partial charge in [-0.1, -0.05) is 18.2 Å². The number of rotatable bonds is 2. The van der Waals surface area contributed by atoms with E-state index in [1.54, 1.807) is 0 Å². The first-order valence-electron chi connectivity index (χ1n) is 4.06. The van der Waals surface area contributed by atoms with Crippen molar-refractivity contribution in [2.45, 2.75) is 6.42 Å². The molecule has 0 radical (unpaired) electrons. The van der Waals surface area contributed by atoms with Gasteiger partial charge in [-0.2, -0.15) is 4.40 Å². The molecule has 0 fully saturated rings. The van der Waals surface area contributed by atoms with Gasteiger partial charge in [-0.15, -0.1) is 11.6 Å². The Labute approximate surface area is 86.7 Å². The molecule has 4 heteroatoms. The largest absolute Gasteiger partial charge is 0.310 e. The maximum atomic E-state index is 5.69. The normalized spacial score (nSPS) is 14.4. The summed E-state index contributed by atoms with van der Waals surface area (Å²) < 4.78 is 7.44. The zero-order valence-corrected chi connectivity index (χ0v) is 8.53. The van der Waals surface area contributed by atoms with Crippen LogP contribution in [0.15, 0.2) is 28.7 Å². The highest BCUT2D eigenvalue weighted by molar-refractivity contribution is 7.99. The van der Waals surface area contributed by atoms with Gasteiger partial charge in [-0.05, 0) is 6.07 Å². The van der Waals surface area contributed by atoms with Crippen molar-refractivity contribution in [1.82, 2.24) is 0 Å². The van der Waals surface area contributed by atoms with Gasteiger partial charge in [0.2, 0.25) is 0 Å². The monoisotopic (exact) mass is 212 g/mol. The smallest absolute Gasteiger partial charge is 0.0904 e. The van der Waals surface area contributed by atoms with Crippen LogP contribution in [0.4, 0.5) is 5.69 Å². The van der Waals surface area contributed by atoms with E-state index in [2.05, 4.69) is 15.2 Å². The van der Waals surface area contributed by atoms with E-state index in [-0.39, 0.29) is 0 Å². The average molecular weight is 213 g/mol. The summed E-state index contributed by atoms with van der Waals surface area (Å²) in [5.74, 6) is 0.619. The molecule has 1 aliphatic rings. The second-order valence-corrected chi connectivity index (χ2v) is 3.66. The Kier molecular flexibility index (Phi) is 2.76. The van der Waals surface area contributed by atoms with E-state index in [1.807, 2.05) is 18.2 Å². The number of hydrogen-bond donors (Lipinski definition) is 1. The number of nitrogens with one attached hydrogen (secondary N) is 1. The lowest BCUT2D eigenvalue weighted by Gasteiger charge is -2.15. The Morgan fingerprint density at radius 2 is 2.23 bits per heavy atom. The quantitative estimate of drug-likeness (QED) is 0.602. The van der Waals surface area contributed by atoms with Crippen molar-refractivity contribution in [2.24, 2.45) is 4.40 Å². The second kappa shape index (κ2) is 4.03. The van der Waals surface area contributed by atoms with Crippen molar-refractivity contribution in [2.75, 3.05) is 10.6 Å². The minimum absolute atomic E-state index is 0.619. The van der Waals surface area contributed by atoms with E-state index in [4.69, 9.17) is 11.6 Å². The van der Waals surface area contributed by atoms with Crippen LogP contribution in [0.2, 0.25) is 0 Å². The topological polar surface area (TPSA) is 24.4 Å². The first-order valence-corrected chi connectivity index (χ1v) is 5.37. The van der Waals surface area contributed by atoms with Gasteiger partial charge in [0.05, 0.1) is 23.5 Å². The number of anilines is 1. The third-order valence-electron chi connectivity index (χ3n) is 1.88. The van der Waals surface area contributed by atoms with Crippen molar-refractivity contribution in [3.63, 3.8) is 0 Å². The molecule has 0 amide bonds. The standard InChI is InChI=1S/C9H9ClN2S/c10-6-5-9-7-3-1-2-4-8(7)11-13-12-9/h1-4,11H,5-6H2. The molecule has 0 atom stereocenters. The number of benzene rings is 1. The van der Waals surface area contributed by atoms with E-state index < -0.39 is 0 Å². The Hall–Kier alpha value is -0.670. The van der Waals surface area contributed by atoms with Crippen molar-refractivity contribution in [3.8, 4) is 0 Å². The van der Waals surface area contributed by atoms with E-state index >= 15 is 0 Å². The number of alkyl halides is 1. The van der Waals surface area contributed by atoms with Crippen LogP contribution < -0.4 is 4.72 Å². The molecule has 2 rings (SSSR count). The van der Waals surface area contributed by atoms with E-state index in [0.717, 1.165) is 17.8 Å². The van der Waals surface area contributed by atoms with E-state index in [1.165, 1.54) is 17.7 Å². The lowest BCUT2D eigenvalue weighted by Crippen LogP contribution is -2.08. The maximum absolute atomic E-state index is 5.69. The predicted molar refractivity (Wildman–Crippen MR) is 59.5 cm³/mol. The van der Waals surface area contributed by atoms with Crippen LogP contribution in [0, 0.1) is 0 Å². The third-order valence-corrected chi connectivity index (χ3v) is 2.69. The van der Waals surface area contributed by atoms with Gasteiger partial charge in [0, 0.05) is 17.9 Å². The Bertz CT molecular complexity index is 338. The molecule has 68 valence electrons. The number of halogens is 1. The summed E-state index contributed by atoms with van der Waals surface area (Å²) in [5, 5.41) is 0. The molecule has 0 spiro atoms. The van der Waals surface area contributed by atoms with Gasteiger partial charge in [-0.3, -0.25) is 0 Å². The van der Waals surface area contributed by atoms with Crippen LogP contribution in [0.3, 0.4) is 0 Å². The predicted octanol–water partition coefficient (Wildman–Crippen LogP) is 3.09. The number of nitrogens with zero attached hydrogens (tertiary/aromatic N) is 1. The summed E-state index contributed by atoms with van der Waals surface area (Å²) in [6.45, 7) is 0. The highest BCUT2D eigenvalue weighted by Crippen LogP contribution is 2.26. The summed E-state index contributed by atoms with van der Waals surface area (Å²) in [6.07, 6.45) is 0.827. The van der Waals surface area contributed by atoms with E-state index in [9.17, 15) is 0 Å². The van der Waals surface area contributed by atoms with E-state index in [0.29, 0.717) is 5.88 Å². The molecule has 0 unspecified atom stereocenters. The molecule has 0 saturated heterocycles. The van der Waals surface area contributed by atoms with Gasteiger partial charge in [0.15, 0.2) is 0 Å². The summed E-state index contributed by atoms with van der Waals surface area (Å²) in [7, 11) is 0. The molecule has 0 aliphatic carbocycles. The van der Waals surface area contributed by atoms with Crippen molar-refractivity contribution >= 4 is 35.1 Å². The summed E-state index contributed by atoms with van der Waals surface area (Å²) in [4.78, 5) is 0. The zero-order valence-electron chi connectivity index (χ0n) is 6.96. The molecule has 1 N–H and O–H groups in total. The molecule has 0 bridgehead atoms. The molecule has 1 aromatic carbocycles.